The van der Waals surface area contributed by atoms with E-state index >= 15 is 0 Å². The largest absolute Gasteiger partial charge is 0.508 e. The van der Waals surface area contributed by atoms with Crippen LogP contribution in [0.4, 0.5) is 5.82 Å². The van der Waals surface area contributed by atoms with Gasteiger partial charge in [-0.3, -0.25) is 0 Å². The average Bonchev–Trinajstić information content (AvgIpc) is 2.99. The number of fused-ring (bicyclic) bond motifs is 1. The smallest absolute Gasteiger partial charge is 0.134 e. The molecule has 0 fully saturated rings. The van der Waals surface area contributed by atoms with Gasteiger partial charge in [-0.1, -0.05) is 6.07 Å². The molecule has 0 aliphatic heterocycles. The van der Waals surface area contributed by atoms with Crippen molar-refractivity contribution in [2.24, 2.45) is 0 Å². The molecule has 1 aromatic carbocycles. The number of benzene rings is 1. The highest BCUT2D eigenvalue weighted by molar-refractivity contribution is 7.07. The van der Waals surface area contributed by atoms with Crippen molar-refractivity contribution in [2.75, 3.05) is 11.9 Å². The molecule has 0 saturated heterocycles. The third-order valence-corrected chi connectivity index (χ3v) is 3.84. The lowest BCUT2D eigenvalue weighted by molar-refractivity contribution is 0.192. The van der Waals surface area contributed by atoms with E-state index in [-0.39, 0.29) is 5.75 Å². The van der Waals surface area contributed by atoms with Crippen molar-refractivity contribution < 1.29 is 10.2 Å². The van der Waals surface area contributed by atoms with Crippen LogP contribution in [0, 0.1) is 0 Å². The number of phenolic OH excluding ortho intramolecular Hbond substituents is 1. The third-order valence-electron chi connectivity index (χ3n) is 3.14. The molecule has 0 bridgehead atoms. The van der Waals surface area contributed by atoms with Gasteiger partial charge in [0.25, 0.3) is 0 Å². The highest BCUT2D eigenvalue weighted by atomic mass is 32.1. The maximum Gasteiger partial charge on any atom is 0.134 e. The number of hydrogen-bond donors (Lipinski definition) is 3. The molecular weight excluding hydrogens is 272 g/mol. The predicted molar refractivity (Wildman–Crippen MR) is 81.2 cm³/mol. The first kappa shape index (κ1) is 12.9. The summed E-state index contributed by atoms with van der Waals surface area (Å²) in [5, 5.41) is 28.5. The van der Waals surface area contributed by atoms with Crippen molar-refractivity contribution in [1.29, 1.82) is 0 Å². The fraction of sp³-hybridized carbons (Fsp3) is 0.133. The lowest BCUT2D eigenvalue weighted by Gasteiger charge is -2.12. The summed E-state index contributed by atoms with van der Waals surface area (Å²) in [6, 6.07) is 8.94. The second kappa shape index (κ2) is 5.48. The molecule has 3 rings (SSSR count). The Hall–Kier alpha value is -2.11. The lowest BCUT2D eigenvalue weighted by atomic mass is 10.1. The highest BCUT2D eigenvalue weighted by Gasteiger charge is 2.09. The maximum absolute atomic E-state index is 10.1. The molecule has 1 unspecified atom stereocenters. The molecule has 20 heavy (non-hydrogen) atoms. The van der Waals surface area contributed by atoms with Crippen LogP contribution in [-0.2, 0) is 0 Å². The minimum atomic E-state index is -0.574. The summed E-state index contributed by atoms with van der Waals surface area (Å²) in [6.07, 6.45) is 1.13. The third kappa shape index (κ3) is 2.59. The Labute approximate surface area is 120 Å². The van der Waals surface area contributed by atoms with Gasteiger partial charge >= 0.3 is 0 Å². The average molecular weight is 286 g/mol. The van der Waals surface area contributed by atoms with Crippen LogP contribution in [0.5, 0.6) is 5.75 Å². The Balaban J connectivity index is 1.82. The fourth-order valence-electron chi connectivity index (χ4n) is 2.07. The van der Waals surface area contributed by atoms with Crippen molar-refractivity contribution in [2.45, 2.75) is 6.10 Å². The van der Waals surface area contributed by atoms with E-state index in [1.54, 1.807) is 29.7 Å². The van der Waals surface area contributed by atoms with Gasteiger partial charge in [-0.25, -0.2) is 4.98 Å². The summed E-state index contributed by atoms with van der Waals surface area (Å²) in [5.74, 6) is 0.861. The molecule has 0 spiro atoms. The molecule has 1 atom stereocenters. The summed E-state index contributed by atoms with van der Waals surface area (Å²) in [4.78, 5) is 4.27. The summed E-state index contributed by atoms with van der Waals surface area (Å²) in [5.41, 5.74) is 0.894. The van der Waals surface area contributed by atoms with Gasteiger partial charge < -0.3 is 15.5 Å². The van der Waals surface area contributed by atoms with E-state index in [0.717, 1.165) is 16.3 Å². The van der Waals surface area contributed by atoms with Crippen molar-refractivity contribution in [1.82, 2.24) is 4.98 Å². The monoisotopic (exact) mass is 286 g/mol. The first-order valence-electron chi connectivity index (χ1n) is 6.26. The molecule has 102 valence electrons. The predicted octanol–water partition coefficient (Wildman–Crippen LogP) is 3.15. The number of aliphatic hydroxyl groups excluding tert-OH is 1. The van der Waals surface area contributed by atoms with Crippen LogP contribution in [0.2, 0.25) is 0 Å². The molecule has 4 nitrogen and oxygen atoms in total. The van der Waals surface area contributed by atoms with Crippen LogP contribution in [-0.4, -0.2) is 21.7 Å². The van der Waals surface area contributed by atoms with E-state index in [4.69, 9.17) is 0 Å². The van der Waals surface area contributed by atoms with Gasteiger partial charge in [0.2, 0.25) is 0 Å². The number of aliphatic hydroxyl groups is 1. The number of phenols is 1. The van der Waals surface area contributed by atoms with Crippen LogP contribution in [0.25, 0.3) is 10.8 Å². The summed E-state index contributed by atoms with van der Waals surface area (Å²) >= 11 is 1.56. The van der Waals surface area contributed by atoms with Crippen molar-refractivity contribution in [3.05, 3.63) is 52.9 Å². The Morgan fingerprint density at radius 2 is 2.15 bits per heavy atom. The topological polar surface area (TPSA) is 65.4 Å². The zero-order valence-corrected chi connectivity index (χ0v) is 11.5. The molecule has 0 amide bonds. The van der Waals surface area contributed by atoms with Crippen molar-refractivity contribution in [3.63, 3.8) is 0 Å². The second-order valence-electron chi connectivity index (χ2n) is 4.52. The Bertz CT molecular complexity index is 713. The summed E-state index contributed by atoms with van der Waals surface area (Å²) in [7, 11) is 0. The minimum Gasteiger partial charge on any atom is -0.508 e. The van der Waals surface area contributed by atoms with E-state index < -0.39 is 6.10 Å². The standard InChI is InChI=1S/C15H14N2O2S/c18-12-2-1-10-3-5-16-15(13(10)7-12)17-8-14(19)11-4-6-20-9-11/h1-7,9,14,18-19H,8H2,(H,16,17). The Morgan fingerprint density at radius 1 is 1.25 bits per heavy atom. The molecule has 0 aliphatic carbocycles. The van der Waals surface area contributed by atoms with Gasteiger partial charge in [-0.05, 0) is 46.0 Å². The minimum absolute atomic E-state index is 0.201. The van der Waals surface area contributed by atoms with E-state index in [2.05, 4.69) is 10.3 Å². The molecule has 3 N–H and O–H groups in total. The molecule has 0 aliphatic rings. The van der Waals surface area contributed by atoms with Crippen molar-refractivity contribution >= 4 is 27.9 Å². The zero-order valence-electron chi connectivity index (χ0n) is 10.7. The normalized spacial score (nSPS) is 12.4. The van der Waals surface area contributed by atoms with E-state index in [1.807, 2.05) is 29.0 Å². The number of pyridine rings is 1. The molecule has 5 heteroatoms. The molecular formula is C15H14N2O2S. The Morgan fingerprint density at radius 3 is 2.95 bits per heavy atom. The van der Waals surface area contributed by atoms with Crippen LogP contribution in [0.1, 0.15) is 11.7 Å². The number of aromatic nitrogens is 1. The summed E-state index contributed by atoms with van der Waals surface area (Å²) < 4.78 is 0. The van der Waals surface area contributed by atoms with Crippen LogP contribution < -0.4 is 5.32 Å². The van der Waals surface area contributed by atoms with Crippen LogP contribution in [0.3, 0.4) is 0 Å². The highest BCUT2D eigenvalue weighted by Crippen LogP contribution is 2.25. The number of hydrogen-bond acceptors (Lipinski definition) is 5. The number of thiophene rings is 1. The summed E-state index contributed by atoms with van der Waals surface area (Å²) in [6.45, 7) is 0.374. The van der Waals surface area contributed by atoms with E-state index in [9.17, 15) is 10.2 Å². The Kier molecular flexibility index (Phi) is 3.54. The van der Waals surface area contributed by atoms with Gasteiger partial charge in [0, 0.05) is 18.1 Å². The van der Waals surface area contributed by atoms with Gasteiger partial charge in [0.05, 0.1) is 6.10 Å². The van der Waals surface area contributed by atoms with Crippen LogP contribution in [0.15, 0.2) is 47.3 Å². The van der Waals surface area contributed by atoms with Gasteiger partial charge in [0.15, 0.2) is 0 Å². The number of nitrogens with one attached hydrogen (secondary N) is 1. The molecule has 0 saturated carbocycles. The van der Waals surface area contributed by atoms with E-state index in [0.29, 0.717) is 12.4 Å². The first-order chi connectivity index (χ1) is 9.74. The number of anilines is 1. The quantitative estimate of drug-likeness (QED) is 0.689. The van der Waals surface area contributed by atoms with Crippen molar-refractivity contribution in [3.8, 4) is 5.75 Å². The lowest BCUT2D eigenvalue weighted by Crippen LogP contribution is -2.12. The number of rotatable bonds is 4. The fourth-order valence-corrected chi connectivity index (χ4v) is 2.78. The van der Waals surface area contributed by atoms with E-state index in [1.165, 1.54) is 0 Å². The first-order valence-corrected chi connectivity index (χ1v) is 7.20. The molecule has 2 heterocycles. The molecule has 3 aromatic rings. The van der Waals surface area contributed by atoms with Gasteiger partial charge in [0.1, 0.15) is 11.6 Å². The second-order valence-corrected chi connectivity index (χ2v) is 5.30. The maximum atomic E-state index is 10.1. The SMILES string of the molecule is Oc1ccc2ccnc(NCC(O)c3ccsc3)c2c1. The van der Waals surface area contributed by atoms with Gasteiger partial charge in [-0.2, -0.15) is 11.3 Å². The number of aromatic hydroxyl groups is 1. The zero-order chi connectivity index (χ0) is 13.9. The van der Waals surface area contributed by atoms with Gasteiger partial charge in [-0.15, -0.1) is 0 Å². The molecule has 2 aromatic heterocycles. The number of nitrogens with zero attached hydrogens (tertiary/aromatic N) is 1. The van der Waals surface area contributed by atoms with Crippen LogP contribution >= 0.6 is 11.3 Å². The molecule has 0 radical (unpaired) electrons.